The predicted molar refractivity (Wildman–Crippen MR) is 129 cm³/mol. The molecule has 0 saturated heterocycles. The number of hydrogen-bond donors (Lipinski definition) is 1. The minimum atomic E-state index is -0.619. The van der Waals surface area contributed by atoms with Crippen molar-refractivity contribution in [3.8, 4) is 17.1 Å². The molecule has 0 aliphatic carbocycles. The third kappa shape index (κ3) is 4.69. The van der Waals surface area contributed by atoms with E-state index in [0.29, 0.717) is 22.2 Å². The zero-order chi connectivity index (χ0) is 24.2. The highest BCUT2D eigenvalue weighted by atomic mass is 35.5. The summed E-state index contributed by atoms with van der Waals surface area (Å²) in [6, 6.07) is 14.1. The van der Waals surface area contributed by atoms with E-state index in [1.54, 1.807) is 50.4 Å². The molecule has 2 aromatic heterocycles. The second-order valence-corrected chi connectivity index (χ2v) is 7.92. The normalized spacial score (nSPS) is 10.9. The Morgan fingerprint density at radius 1 is 1.06 bits per heavy atom. The molecule has 0 spiro atoms. The SMILES string of the molecule is CCn1c(=O)n(CC(=O)NCc2ccc(OC)cc2)c(=O)c2cnc(-c3ccc(Cl)cc3)nc21. The Hall–Kier alpha value is -3.98. The van der Waals surface area contributed by atoms with Crippen LogP contribution in [0.3, 0.4) is 0 Å². The molecule has 0 aliphatic rings. The number of benzene rings is 2. The van der Waals surface area contributed by atoms with Crippen LogP contribution in [-0.4, -0.2) is 32.1 Å². The summed E-state index contributed by atoms with van der Waals surface area (Å²) in [5.74, 6) is 0.607. The Morgan fingerprint density at radius 3 is 2.41 bits per heavy atom. The fourth-order valence-electron chi connectivity index (χ4n) is 3.50. The van der Waals surface area contributed by atoms with Crippen molar-refractivity contribution in [2.24, 2.45) is 0 Å². The number of nitrogens with one attached hydrogen (secondary N) is 1. The molecule has 0 unspecified atom stereocenters. The number of rotatable bonds is 7. The smallest absolute Gasteiger partial charge is 0.333 e. The van der Waals surface area contributed by atoms with Gasteiger partial charge in [-0.25, -0.2) is 14.8 Å². The van der Waals surface area contributed by atoms with Gasteiger partial charge < -0.3 is 10.1 Å². The maximum absolute atomic E-state index is 13.1. The van der Waals surface area contributed by atoms with Crippen molar-refractivity contribution in [2.45, 2.75) is 26.6 Å². The first-order valence-electron chi connectivity index (χ1n) is 10.6. The third-order valence-electron chi connectivity index (χ3n) is 5.33. The van der Waals surface area contributed by atoms with Gasteiger partial charge in [-0.2, -0.15) is 0 Å². The van der Waals surface area contributed by atoms with Crippen LogP contribution < -0.4 is 21.3 Å². The number of ether oxygens (including phenoxy) is 1. The third-order valence-corrected chi connectivity index (χ3v) is 5.58. The van der Waals surface area contributed by atoms with E-state index in [4.69, 9.17) is 16.3 Å². The molecule has 2 aromatic carbocycles. The molecule has 1 amide bonds. The highest BCUT2D eigenvalue weighted by Crippen LogP contribution is 2.19. The molecule has 9 nitrogen and oxygen atoms in total. The van der Waals surface area contributed by atoms with Gasteiger partial charge in [-0.1, -0.05) is 23.7 Å². The standard InChI is InChI=1S/C24H22ClN5O4/c1-3-29-22-19(13-27-21(28-22)16-6-8-17(25)9-7-16)23(32)30(24(29)33)14-20(31)26-12-15-4-10-18(34-2)11-5-15/h4-11,13H,3,12,14H2,1-2H3,(H,26,31). The van der Waals surface area contributed by atoms with Gasteiger partial charge in [-0.05, 0) is 48.9 Å². The first-order valence-corrected chi connectivity index (χ1v) is 10.9. The minimum Gasteiger partial charge on any atom is -0.497 e. The van der Waals surface area contributed by atoms with Gasteiger partial charge in [0.2, 0.25) is 5.91 Å². The van der Waals surface area contributed by atoms with Crippen molar-refractivity contribution in [3.63, 3.8) is 0 Å². The molecule has 4 aromatic rings. The van der Waals surface area contributed by atoms with E-state index < -0.39 is 23.7 Å². The zero-order valence-corrected chi connectivity index (χ0v) is 19.4. The van der Waals surface area contributed by atoms with Crippen molar-refractivity contribution < 1.29 is 9.53 Å². The maximum atomic E-state index is 13.1. The number of aryl methyl sites for hydroxylation is 1. The number of nitrogens with zero attached hydrogens (tertiary/aromatic N) is 4. The topological polar surface area (TPSA) is 108 Å². The van der Waals surface area contributed by atoms with Crippen LogP contribution in [0.15, 0.2) is 64.3 Å². The molecule has 2 heterocycles. The number of carbonyl (C=O) groups excluding carboxylic acids is 1. The van der Waals surface area contributed by atoms with Crippen LogP contribution in [0.2, 0.25) is 5.02 Å². The van der Waals surface area contributed by atoms with Crippen molar-refractivity contribution in [1.82, 2.24) is 24.4 Å². The van der Waals surface area contributed by atoms with Crippen molar-refractivity contribution in [3.05, 3.63) is 86.2 Å². The van der Waals surface area contributed by atoms with Gasteiger partial charge in [0.1, 0.15) is 17.7 Å². The number of halogens is 1. The van der Waals surface area contributed by atoms with Crippen LogP contribution in [0.1, 0.15) is 12.5 Å². The fraction of sp³-hybridized carbons (Fsp3) is 0.208. The number of fused-ring (bicyclic) bond motifs is 1. The van der Waals surface area contributed by atoms with Crippen molar-refractivity contribution >= 4 is 28.5 Å². The molecular formula is C24H22ClN5O4. The largest absolute Gasteiger partial charge is 0.497 e. The molecule has 4 rings (SSSR count). The summed E-state index contributed by atoms with van der Waals surface area (Å²) >= 11 is 5.94. The molecule has 0 aliphatic heterocycles. The Bertz CT molecular complexity index is 1460. The maximum Gasteiger partial charge on any atom is 0.333 e. The van der Waals surface area contributed by atoms with Gasteiger partial charge in [0.05, 0.1) is 7.11 Å². The summed E-state index contributed by atoms with van der Waals surface area (Å²) in [4.78, 5) is 47.4. The molecule has 34 heavy (non-hydrogen) atoms. The average Bonchev–Trinajstić information content (AvgIpc) is 2.86. The lowest BCUT2D eigenvalue weighted by Gasteiger charge is -2.13. The Balaban J connectivity index is 1.63. The number of methoxy groups -OCH3 is 1. The van der Waals surface area contributed by atoms with Gasteiger partial charge in [-0.3, -0.25) is 18.7 Å². The van der Waals surface area contributed by atoms with Crippen LogP contribution in [0, 0.1) is 0 Å². The van der Waals surface area contributed by atoms with Gasteiger partial charge in [0.15, 0.2) is 11.5 Å². The van der Waals surface area contributed by atoms with Crippen LogP contribution in [0.25, 0.3) is 22.4 Å². The first kappa shape index (κ1) is 23.2. The fourth-order valence-corrected chi connectivity index (χ4v) is 3.63. The molecule has 0 bridgehead atoms. The number of carbonyl (C=O) groups is 1. The van der Waals surface area contributed by atoms with Crippen molar-refractivity contribution in [1.29, 1.82) is 0 Å². The summed E-state index contributed by atoms with van der Waals surface area (Å²) in [6.45, 7) is 1.87. The van der Waals surface area contributed by atoms with Gasteiger partial charge >= 0.3 is 5.69 Å². The monoisotopic (exact) mass is 479 g/mol. The second-order valence-electron chi connectivity index (χ2n) is 7.48. The second kappa shape index (κ2) is 9.88. The molecular weight excluding hydrogens is 458 g/mol. The van der Waals surface area contributed by atoms with Crippen LogP contribution in [0.4, 0.5) is 0 Å². The molecule has 0 atom stereocenters. The quantitative estimate of drug-likeness (QED) is 0.436. The van der Waals surface area contributed by atoms with Crippen LogP contribution in [0.5, 0.6) is 5.75 Å². The van der Waals surface area contributed by atoms with Gasteiger partial charge in [-0.15, -0.1) is 0 Å². The number of amides is 1. The summed E-state index contributed by atoms with van der Waals surface area (Å²) in [5.41, 5.74) is 0.539. The average molecular weight is 480 g/mol. The van der Waals surface area contributed by atoms with E-state index in [-0.39, 0.29) is 24.1 Å². The lowest BCUT2D eigenvalue weighted by molar-refractivity contribution is -0.121. The highest BCUT2D eigenvalue weighted by molar-refractivity contribution is 6.30. The summed E-state index contributed by atoms with van der Waals surface area (Å²) in [5, 5.41) is 3.46. The molecule has 0 saturated carbocycles. The Labute approximate surface area is 199 Å². The van der Waals surface area contributed by atoms with Crippen LogP contribution in [-0.2, 0) is 24.4 Å². The molecule has 1 N–H and O–H groups in total. The predicted octanol–water partition coefficient (Wildman–Crippen LogP) is 2.62. The highest BCUT2D eigenvalue weighted by Gasteiger charge is 2.17. The van der Waals surface area contributed by atoms with Gasteiger partial charge in [0, 0.05) is 29.9 Å². The Kier molecular flexibility index (Phi) is 6.74. The lowest BCUT2D eigenvalue weighted by atomic mass is 10.2. The Morgan fingerprint density at radius 2 is 1.76 bits per heavy atom. The lowest BCUT2D eigenvalue weighted by Crippen LogP contribution is -2.44. The summed E-state index contributed by atoms with van der Waals surface area (Å²) < 4.78 is 7.38. The summed E-state index contributed by atoms with van der Waals surface area (Å²) in [7, 11) is 1.57. The minimum absolute atomic E-state index is 0.155. The molecule has 0 fully saturated rings. The number of aromatic nitrogens is 4. The molecule has 174 valence electrons. The molecule has 0 radical (unpaired) electrons. The summed E-state index contributed by atoms with van der Waals surface area (Å²) in [6.07, 6.45) is 1.38. The zero-order valence-electron chi connectivity index (χ0n) is 18.6. The van der Waals surface area contributed by atoms with Crippen molar-refractivity contribution in [2.75, 3.05) is 7.11 Å². The van der Waals surface area contributed by atoms with Gasteiger partial charge in [0.25, 0.3) is 5.56 Å². The van der Waals surface area contributed by atoms with E-state index >= 15 is 0 Å². The van der Waals surface area contributed by atoms with E-state index in [2.05, 4.69) is 15.3 Å². The van der Waals surface area contributed by atoms with E-state index in [9.17, 15) is 14.4 Å². The first-order chi connectivity index (χ1) is 16.4. The van der Waals surface area contributed by atoms with Crippen LogP contribution >= 0.6 is 11.6 Å². The van der Waals surface area contributed by atoms with E-state index in [1.165, 1.54) is 10.8 Å². The van der Waals surface area contributed by atoms with E-state index in [1.807, 2.05) is 12.1 Å². The molecule has 10 heteroatoms. The van der Waals surface area contributed by atoms with E-state index in [0.717, 1.165) is 10.1 Å². The number of hydrogen-bond acceptors (Lipinski definition) is 6.